The number of rotatable bonds is 7. The number of nitrogens with zero attached hydrogens (tertiary/aromatic N) is 3. The number of phenols is 1. The summed E-state index contributed by atoms with van der Waals surface area (Å²) >= 11 is 10.6. The molecule has 3 aromatic carbocycles. The average Bonchev–Trinajstić information content (AvgIpc) is 3.29. The number of hydrogen-bond donors (Lipinski definition) is 2. The van der Waals surface area contributed by atoms with Gasteiger partial charge in [0.05, 0.1) is 29.0 Å². The molecule has 0 bridgehead atoms. The van der Waals surface area contributed by atoms with Gasteiger partial charge < -0.3 is 15.2 Å². The number of aromatic hydroxyl groups is 1. The van der Waals surface area contributed by atoms with Crippen molar-refractivity contribution in [1.82, 2.24) is 14.8 Å². The van der Waals surface area contributed by atoms with E-state index in [0.717, 1.165) is 10.2 Å². The zero-order chi connectivity index (χ0) is 24.9. The minimum absolute atomic E-state index is 0.0195. The molecule has 0 unspecified atom stereocenters. The first-order valence-electron chi connectivity index (χ1n) is 10.2. The van der Waals surface area contributed by atoms with Gasteiger partial charge in [0, 0.05) is 15.8 Å². The quantitative estimate of drug-likeness (QED) is 0.220. The Bertz CT molecular complexity index is 1400. The van der Waals surface area contributed by atoms with Crippen molar-refractivity contribution in [3.05, 3.63) is 81.8 Å². The zero-order valence-corrected chi connectivity index (χ0v) is 21.4. The van der Waals surface area contributed by atoms with Gasteiger partial charge in [-0.05, 0) is 48.5 Å². The molecule has 0 spiro atoms. The van der Waals surface area contributed by atoms with E-state index in [2.05, 4.69) is 31.4 Å². The summed E-state index contributed by atoms with van der Waals surface area (Å²) in [4.78, 5) is 24.5. The van der Waals surface area contributed by atoms with Crippen molar-refractivity contribution in [3.8, 4) is 22.8 Å². The molecule has 1 heterocycles. The minimum Gasteiger partial charge on any atom is -0.507 e. The first kappa shape index (κ1) is 24.8. The number of anilines is 1. The van der Waals surface area contributed by atoms with E-state index in [1.54, 1.807) is 28.8 Å². The molecule has 8 nitrogen and oxygen atoms in total. The Balaban J connectivity index is 1.58. The Morgan fingerprint density at radius 1 is 1.11 bits per heavy atom. The molecule has 2 N–H and O–H groups in total. The van der Waals surface area contributed by atoms with Crippen LogP contribution in [0, 0.1) is 0 Å². The third-order valence-electron chi connectivity index (χ3n) is 4.84. The summed E-state index contributed by atoms with van der Waals surface area (Å²) in [5.41, 5.74) is 1.82. The second-order valence-electron chi connectivity index (χ2n) is 7.16. The van der Waals surface area contributed by atoms with Crippen LogP contribution < -0.4 is 5.32 Å². The van der Waals surface area contributed by atoms with Crippen molar-refractivity contribution < 1.29 is 19.4 Å². The summed E-state index contributed by atoms with van der Waals surface area (Å²) in [5, 5.41) is 22.4. The molecular formula is C24H18BrClN4O4S. The number of esters is 1. The van der Waals surface area contributed by atoms with E-state index < -0.39 is 5.97 Å². The summed E-state index contributed by atoms with van der Waals surface area (Å²) in [6, 6.07) is 19.0. The summed E-state index contributed by atoms with van der Waals surface area (Å²) in [6.45, 7) is 0. The van der Waals surface area contributed by atoms with Crippen molar-refractivity contribution in [2.75, 3.05) is 18.2 Å². The molecule has 11 heteroatoms. The molecule has 0 radical (unpaired) electrons. The van der Waals surface area contributed by atoms with Crippen molar-refractivity contribution in [2.45, 2.75) is 5.16 Å². The normalized spacial score (nSPS) is 10.7. The molecule has 0 saturated heterocycles. The molecule has 0 atom stereocenters. The molecule has 0 aliphatic rings. The number of methoxy groups -OCH3 is 1. The Morgan fingerprint density at radius 2 is 1.89 bits per heavy atom. The number of nitrogens with one attached hydrogen (secondary N) is 1. The van der Waals surface area contributed by atoms with Crippen molar-refractivity contribution in [2.24, 2.45) is 0 Å². The van der Waals surface area contributed by atoms with E-state index in [1.165, 1.54) is 31.0 Å². The van der Waals surface area contributed by atoms with Gasteiger partial charge in [0.25, 0.3) is 0 Å². The van der Waals surface area contributed by atoms with E-state index >= 15 is 0 Å². The smallest absolute Gasteiger partial charge is 0.339 e. The van der Waals surface area contributed by atoms with Crippen LogP contribution in [0.15, 0.2) is 76.4 Å². The summed E-state index contributed by atoms with van der Waals surface area (Å²) in [7, 11) is 1.26. The van der Waals surface area contributed by atoms with Gasteiger partial charge in [-0.3, -0.25) is 9.36 Å². The van der Waals surface area contributed by atoms with Crippen molar-refractivity contribution >= 4 is 56.9 Å². The summed E-state index contributed by atoms with van der Waals surface area (Å²) in [5.74, 6) is -0.414. The van der Waals surface area contributed by atoms with Gasteiger partial charge in [-0.15, -0.1) is 10.2 Å². The Labute approximate surface area is 218 Å². The van der Waals surface area contributed by atoms with Crippen LogP contribution in [0.2, 0.25) is 5.02 Å². The van der Waals surface area contributed by atoms with Gasteiger partial charge in [-0.1, -0.05) is 57.5 Å². The molecule has 4 rings (SSSR count). The van der Waals surface area contributed by atoms with Gasteiger partial charge in [-0.25, -0.2) is 4.79 Å². The highest BCUT2D eigenvalue weighted by Gasteiger charge is 2.20. The van der Waals surface area contributed by atoms with Crippen molar-refractivity contribution in [3.63, 3.8) is 0 Å². The maximum absolute atomic E-state index is 12.7. The molecule has 1 amide bonds. The first-order chi connectivity index (χ1) is 16.9. The monoisotopic (exact) mass is 572 g/mol. The number of para-hydroxylation sites is 1. The van der Waals surface area contributed by atoms with Crippen LogP contribution in [-0.2, 0) is 9.53 Å². The lowest BCUT2D eigenvalue weighted by Crippen LogP contribution is -2.15. The highest BCUT2D eigenvalue weighted by Crippen LogP contribution is 2.34. The SMILES string of the molecule is COC(=O)c1cc(NC(=O)CSc2nnc(-c3cc(Br)ccc3O)n2-c2ccccc2)ccc1Cl. The number of thioether (sulfide) groups is 1. The minimum atomic E-state index is -0.597. The van der Waals surface area contributed by atoms with Crippen LogP contribution >= 0.6 is 39.3 Å². The molecule has 0 saturated carbocycles. The van der Waals surface area contributed by atoms with Crippen molar-refractivity contribution in [1.29, 1.82) is 0 Å². The third-order valence-corrected chi connectivity index (χ3v) is 6.59. The molecule has 0 aliphatic carbocycles. The number of benzene rings is 3. The third kappa shape index (κ3) is 5.67. The molecule has 35 heavy (non-hydrogen) atoms. The van der Waals surface area contributed by atoms with Crippen LogP contribution in [0.25, 0.3) is 17.1 Å². The van der Waals surface area contributed by atoms with Crippen LogP contribution in [0.5, 0.6) is 5.75 Å². The standard InChI is InChI=1S/C24H18BrClN4O4S/c1-34-23(33)17-12-15(8-9-19(17)26)27-21(32)13-35-24-29-28-22(18-11-14(25)7-10-20(18)31)30(24)16-5-3-2-4-6-16/h2-12,31H,13H2,1H3,(H,27,32). The van der Waals surface area contributed by atoms with E-state index in [0.29, 0.717) is 22.2 Å². The number of aromatic nitrogens is 3. The zero-order valence-electron chi connectivity index (χ0n) is 18.2. The fraction of sp³-hybridized carbons (Fsp3) is 0.0833. The lowest BCUT2D eigenvalue weighted by Gasteiger charge is -2.12. The van der Waals surface area contributed by atoms with Gasteiger partial charge in [0.2, 0.25) is 5.91 Å². The molecule has 178 valence electrons. The Kier molecular flexibility index (Phi) is 7.74. The number of phenolic OH excluding ortho intramolecular Hbond substituents is 1. The summed E-state index contributed by atoms with van der Waals surface area (Å²) in [6.07, 6.45) is 0. The highest BCUT2D eigenvalue weighted by atomic mass is 79.9. The van der Waals surface area contributed by atoms with Gasteiger partial charge >= 0.3 is 5.97 Å². The predicted octanol–water partition coefficient (Wildman–Crippen LogP) is 5.57. The number of halogens is 2. The Hall–Kier alpha value is -3.34. The number of carbonyl (C=O) groups excluding carboxylic acids is 2. The van der Waals surface area contributed by atoms with E-state index in [4.69, 9.17) is 16.3 Å². The highest BCUT2D eigenvalue weighted by molar-refractivity contribution is 9.10. The number of carbonyl (C=O) groups is 2. The van der Waals surface area contributed by atoms with E-state index in [-0.39, 0.29) is 28.0 Å². The number of hydrogen-bond acceptors (Lipinski definition) is 7. The van der Waals surface area contributed by atoms with Gasteiger partial charge in [0.1, 0.15) is 5.75 Å². The molecule has 4 aromatic rings. The topological polar surface area (TPSA) is 106 Å². The van der Waals surface area contributed by atoms with Crippen LogP contribution in [0.1, 0.15) is 10.4 Å². The van der Waals surface area contributed by atoms with E-state index in [9.17, 15) is 14.7 Å². The molecule has 1 aromatic heterocycles. The fourth-order valence-electron chi connectivity index (χ4n) is 3.23. The fourth-order valence-corrected chi connectivity index (χ4v) is 4.54. The second-order valence-corrected chi connectivity index (χ2v) is 9.43. The maximum atomic E-state index is 12.7. The molecule has 0 aliphatic heterocycles. The lowest BCUT2D eigenvalue weighted by molar-refractivity contribution is -0.113. The van der Waals surface area contributed by atoms with E-state index in [1.807, 2.05) is 30.3 Å². The van der Waals surface area contributed by atoms with Crippen LogP contribution in [0.4, 0.5) is 5.69 Å². The Morgan fingerprint density at radius 3 is 2.63 bits per heavy atom. The predicted molar refractivity (Wildman–Crippen MR) is 138 cm³/mol. The van der Waals surface area contributed by atoms with Crippen LogP contribution in [-0.4, -0.2) is 44.6 Å². The first-order valence-corrected chi connectivity index (χ1v) is 12.3. The largest absolute Gasteiger partial charge is 0.507 e. The number of amides is 1. The lowest BCUT2D eigenvalue weighted by atomic mass is 10.2. The molecule has 0 fully saturated rings. The average molecular weight is 574 g/mol. The maximum Gasteiger partial charge on any atom is 0.339 e. The van der Waals surface area contributed by atoms with Gasteiger partial charge in [0.15, 0.2) is 11.0 Å². The van der Waals surface area contributed by atoms with Crippen LogP contribution in [0.3, 0.4) is 0 Å². The van der Waals surface area contributed by atoms with Gasteiger partial charge in [-0.2, -0.15) is 0 Å². The number of ether oxygens (including phenoxy) is 1. The summed E-state index contributed by atoms with van der Waals surface area (Å²) < 4.78 is 7.26. The molecular weight excluding hydrogens is 556 g/mol. The second kappa shape index (κ2) is 10.9.